The van der Waals surface area contributed by atoms with Gasteiger partial charge in [-0.05, 0) is 74.0 Å². The zero-order valence-corrected chi connectivity index (χ0v) is 19.8. The third-order valence-electron chi connectivity index (χ3n) is 8.30. The van der Waals surface area contributed by atoms with E-state index in [1.165, 1.54) is 38.5 Å². The molecule has 2 aliphatic carbocycles. The van der Waals surface area contributed by atoms with E-state index in [2.05, 4.69) is 41.5 Å². The lowest BCUT2D eigenvalue weighted by Gasteiger charge is -2.45. The maximum atomic E-state index is 11.4. The van der Waals surface area contributed by atoms with Crippen LogP contribution in [0.15, 0.2) is 0 Å². The van der Waals surface area contributed by atoms with Crippen LogP contribution in [0.2, 0.25) is 0 Å². The van der Waals surface area contributed by atoms with E-state index in [1.807, 2.05) is 0 Å². The minimum atomic E-state index is -0.439. The quantitative estimate of drug-likeness (QED) is 0.414. The van der Waals surface area contributed by atoms with Crippen LogP contribution in [0.3, 0.4) is 0 Å². The predicted molar refractivity (Wildman–Crippen MR) is 120 cm³/mol. The predicted octanol–water partition coefficient (Wildman–Crippen LogP) is 6.97. The second-order valence-electron chi connectivity index (χ2n) is 11.6. The van der Waals surface area contributed by atoms with Gasteiger partial charge in [0.1, 0.15) is 0 Å². The summed E-state index contributed by atoms with van der Waals surface area (Å²) in [5.41, 5.74) is -0.878. The van der Waals surface area contributed by atoms with Gasteiger partial charge in [-0.3, -0.25) is 0 Å². The van der Waals surface area contributed by atoms with Crippen molar-refractivity contribution in [3.05, 3.63) is 0 Å². The first-order valence-corrected chi connectivity index (χ1v) is 12.5. The number of aliphatic hydroxyl groups is 2. The SMILES string of the molecule is CC(C)[C@@H]1CC[C@@H](C)C[C@@]1(O)CCCCCC[C@]1(O)C[C@H](C)CC[C@H]1C(C)C. The summed E-state index contributed by atoms with van der Waals surface area (Å²) < 4.78 is 0. The molecule has 2 nitrogen and oxygen atoms in total. The summed E-state index contributed by atoms with van der Waals surface area (Å²) in [5.74, 6) is 3.42. The molecule has 0 amide bonds. The minimum Gasteiger partial charge on any atom is -0.390 e. The molecule has 0 radical (unpaired) electrons. The smallest absolute Gasteiger partial charge is 0.0680 e. The largest absolute Gasteiger partial charge is 0.390 e. The monoisotopic (exact) mass is 394 g/mol. The fraction of sp³-hybridized carbons (Fsp3) is 1.00. The lowest BCUT2D eigenvalue weighted by Crippen LogP contribution is -2.45. The highest BCUT2D eigenvalue weighted by Crippen LogP contribution is 2.45. The molecule has 0 aromatic heterocycles. The molecule has 166 valence electrons. The molecule has 0 bridgehead atoms. The molecule has 2 fully saturated rings. The van der Waals surface area contributed by atoms with Gasteiger partial charge in [0, 0.05) is 0 Å². The van der Waals surface area contributed by atoms with Crippen LogP contribution in [0.4, 0.5) is 0 Å². The van der Waals surface area contributed by atoms with Crippen LogP contribution < -0.4 is 0 Å². The molecule has 0 aromatic carbocycles. The molecule has 0 aliphatic heterocycles. The molecule has 0 heterocycles. The third-order valence-corrected chi connectivity index (χ3v) is 8.30. The zero-order valence-electron chi connectivity index (χ0n) is 19.8. The highest BCUT2D eigenvalue weighted by atomic mass is 16.3. The van der Waals surface area contributed by atoms with Crippen molar-refractivity contribution in [1.29, 1.82) is 0 Å². The molecule has 0 spiro atoms. The zero-order chi connectivity index (χ0) is 20.9. The Bertz CT molecular complexity index is 417. The second-order valence-corrected chi connectivity index (χ2v) is 11.6. The van der Waals surface area contributed by atoms with Gasteiger partial charge in [-0.2, -0.15) is 0 Å². The van der Waals surface area contributed by atoms with Gasteiger partial charge in [-0.25, -0.2) is 0 Å². The number of unbranched alkanes of at least 4 members (excludes halogenated alkanes) is 3. The van der Waals surface area contributed by atoms with Gasteiger partial charge in [0.25, 0.3) is 0 Å². The molecule has 2 rings (SSSR count). The van der Waals surface area contributed by atoms with E-state index in [-0.39, 0.29) is 0 Å². The third kappa shape index (κ3) is 6.21. The lowest BCUT2D eigenvalue weighted by molar-refractivity contribution is -0.0897. The van der Waals surface area contributed by atoms with Crippen LogP contribution in [0, 0.1) is 35.5 Å². The van der Waals surface area contributed by atoms with Crippen molar-refractivity contribution >= 4 is 0 Å². The van der Waals surface area contributed by atoms with Crippen molar-refractivity contribution in [3.63, 3.8) is 0 Å². The van der Waals surface area contributed by atoms with Crippen LogP contribution >= 0.6 is 0 Å². The van der Waals surface area contributed by atoms with E-state index in [4.69, 9.17) is 0 Å². The van der Waals surface area contributed by atoms with Crippen LogP contribution in [0.1, 0.15) is 119 Å². The Morgan fingerprint density at radius 3 is 1.32 bits per heavy atom. The van der Waals surface area contributed by atoms with Gasteiger partial charge < -0.3 is 10.2 Å². The lowest BCUT2D eigenvalue weighted by atomic mass is 9.65. The molecule has 2 saturated carbocycles. The van der Waals surface area contributed by atoms with Gasteiger partial charge in [0.15, 0.2) is 0 Å². The average Bonchev–Trinajstić information content (AvgIpc) is 2.57. The Balaban J connectivity index is 1.76. The summed E-state index contributed by atoms with van der Waals surface area (Å²) in [6.07, 6.45) is 13.5. The van der Waals surface area contributed by atoms with E-state index in [0.717, 1.165) is 38.5 Å². The van der Waals surface area contributed by atoms with Crippen molar-refractivity contribution < 1.29 is 10.2 Å². The van der Waals surface area contributed by atoms with E-state index < -0.39 is 11.2 Å². The Hall–Kier alpha value is -0.0800. The Labute approximate surface area is 175 Å². The molecule has 2 N–H and O–H groups in total. The molecule has 2 heteroatoms. The van der Waals surface area contributed by atoms with Gasteiger partial charge in [-0.15, -0.1) is 0 Å². The van der Waals surface area contributed by atoms with Crippen LogP contribution in [0.5, 0.6) is 0 Å². The van der Waals surface area contributed by atoms with Gasteiger partial charge in [-0.1, -0.05) is 80.1 Å². The minimum absolute atomic E-state index is 0.439. The molecule has 28 heavy (non-hydrogen) atoms. The standard InChI is InChI=1S/C26H50O2/c1-19(2)23-13-11-21(5)17-25(23,27)15-9-7-8-10-16-26(28)18-22(6)12-14-24(26)20(3)4/h19-24,27-28H,7-18H2,1-6H3/t21-,22-,23+,24+,25+,26+/m1/s1. The van der Waals surface area contributed by atoms with Gasteiger partial charge in [0.2, 0.25) is 0 Å². The van der Waals surface area contributed by atoms with E-state index >= 15 is 0 Å². The molecule has 2 aliphatic rings. The van der Waals surface area contributed by atoms with Crippen molar-refractivity contribution in [2.45, 2.75) is 130 Å². The Kier molecular flexibility index (Phi) is 8.89. The Morgan fingerprint density at radius 1 is 0.643 bits per heavy atom. The first-order chi connectivity index (χ1) is 13.1. The van der Waals surface area contributed by atoms with Crippen molar-refractivity contribution in [1.82, 2.24) is 0 Å². The topological polar surface area (TPSA) is 40.5 Å². The summed E-state index contributed by atoms with van der Waals surface area (Å²) in [6, 6.07) is 0. The summed E-state index contributed by atoms with van der Waals surface area (Å²) in [6.45, 7) is 13.7. The molecule has 0 aromatic rings. The fourth-order valence-electron chi connectivity index (χ4n) is 6.88. The van der Waals surface area contributed by atoms with Crippen molar-refractivity contribution in [2.24, 2.45) is 35.5 Å². The summed E-state index contributed by atoms with van der Waals surface area (Å²) in [4.78, 5) is 0. The summed E-state index contributed by atoms with van der Waals surface area (Å²) in [7, 11) is 0. The Morgan fingerprint density at radius 2 is 1.00 bits per heavy atom. The number of hydrogen-bond donors (Lipinski definition) is 2. The van der Waals surface area contributed by atoms with Gasteiger partial charge in [0.05, 0.1) is 11.2 Å². The van der Waals surface area contributed by atoms with Gasteiger partial charge >= 0.3 is 0 Å². The molecular weight excluding hydrogens is 344 g/mol. The second kappa shape index (κ2) is 10.3. The number of hydrogen-bond acceptors (Lipinski definition) is 2. The highest BCUT2D eigenvalue weighted by Gasteiger charge is 2.43. The first-order valence-electron chi connectivity index (χ1n) is 12.5. The highest BCUT2D eigenvalue weighted by molar-refractivity contribution is 4.94. The molecular formula is C26H50O2. The van der Waals surface area contributed by atoms with Crippen LogP contribution in [-0.4, -0.2) is 21.4 Å². The molecule has 0 unspecified atom stereocenters. The number of rotatable bonds is 9. The van der Waals surface area contributed by atoms with E-state index in [0.29, 0.717) is 35.5 Å². The van der Waals surface area contributed by atoms with Crippen LogP contribution in [0.25, 0.3) is 0 Å². The van der Waals surface area contributed by atoms with E-state index in [1.54, 1.807) is 0 Å². The van der Waals surface area contributed by atoms with E-state index in [9.17, 15) is 10.2 Å². The van der Waals surface area contributed by atoms with Crippen molar-refractivity contribution in [2.75, 3.05) is 0 Å². The molecule has 0 saturated heterocycles. The average molecular weight is 395 g/mol. The summed E-state index contributed by atoms with van der Waals surface area (Å²) in [5, 5.41) is 22.7. The first kappa shape index (κ1) is 24.2. The fourth-order valence-corrected chi connectivity index (χ4v) is 6.88. The molecule has 6 atom stereocenters. The maximum absolute atomic E-state index is 11.4. The van der Waals surface area contributed by atoms with Crippen molar-refractivity contribution in [3.8, 4) is 0 Å². The normalized spacial score (nSPS) is 39.6. The summed E-state index contributed by atoms with van der Waals surface area (Å²) >= 11 is 0. The van der Waals surface area contributed by atoms with Crippen LogP contribution in [-0.2, 0) is 0 Å². The maximum Gasteiger partial charge on any atom is 0.0680 e.